The quantitative estimate of drug-likeness (QED) is 0.843. The molecular weight excluding hydrogens is 243 g/mol. The molecule has 100 valence electrons. The Bertz CT molecular complexity index is 444. The minimum absolute atomic E-state index is 0.0413. The zero-order valence-electron chi connectivity index (χ0n) is 10.3. The summed E-state index contributed by atoms with van der Waals surface area (Å²) in [6.07, 6.45) is -3.11. The van der Waals surface area contributed by atoms with Crippen molar-refractivity contribution in [1.29, 1.82) is 0 Å². The van der Waals surface area contributed by atoms with Gasteiger partial charge in [-0.3, -0.25) is 0 Å². The predicted molar refractivity (Wildman–Crippen MR) is 61.7 cm³/mol. The molecule has 0 saturated carbocycles. The van der Waals surface area contributed by atoms with Crippen LogP contribution < -0.4 is 9.47 Å². The van der Waals surface area contributed by atoms with Gasteiger partial charge in [-0.25, -0.2) is 9.18 Å². The molecule has 0 aliphatic rings. The van der Waals surface area contributed by atoms with E-state index in [0.29, 0.717) is 0 Å². The van der Waals surface area contributed by atoms with E-state index in [1.807, 2.05) is 0 Å². The van der Waals surface area contributed by atoms with Crippen LogP contribution in [0.2, 0.25) is 0 Å². The summed E-state index contributed by atoms with van der Waals surface area (Å²) in [5.74, 6) is -1.05. The Morgan fingerprint density at radius 3 is 2.33 bits per heavy atom. The van der Waals surface area contributed by atoms with Gasteiger partial charge in [0, 0.05) is 5.56 Å². The van der Waals surface area contributed by atoms with Crippen molar-refractivity contribution in [2.24, 2.45) is 0 Å². The van der Waals surface area contributed by atoms with E-state index in [0.717, 1.165) is 0 Å². The molecule has 2 atom stereocenters. The first-order valence-electron chi connectivity index (χ1n) is 5.23. The second-order valence-corrected chi connectivity index (χ2v) is 3.70. The van der Waals surface area contributed by atoms with Crippen LogP contribution in [-0.2, 0) is 4.79 Å². The standard InChI is InChI=1S/C12H15FO5/c1-6(13)8-4-7(10(14)12(15)16)5-9(17-2)11(8)18-3/h4-6,10,14H,1-3H3,(H,15,16). The maximum atomic E-state index is 13.5. The molecule has 0 aliphatic carbocycles. The lowest BCUT2D eigenvalue weighted by Gasteiger charge is -2.17. The number of hydrogen-bond donors (Lipinski definition) is 2. The van der Waals surface area contributed by atoms with Gasteiger partial charge < -0.3 is 19.7 Å². The maximum absolute atomic E-state index is 13.5. The van der Waals surface area contributed by atoms with Gasteiger partial charge in [0.2, 0.25) is 0 Å². The van der Waals surface area contributed by atoms with Gasteiger partial charge in [0.25, 0.3) is 0 Å². The fourth-order valence-corrected chi connectivity index (χ4v) is 1.61. The Labute approximate surface area is 104 Å². The first kappa shape index (κ1) is 14.2. The third-order valence-electron chi connectivity index (χ3n) is 2.51. The number of carboxylic acids is 1. The molecule has 2 N–H and O–H groups in total. The van der Waals surface area contributed by atoms with Crippen molar-refractivity contribution in [3.63, 3.8) is 0 Å². The molecule has 5 nitrogen and oxygen atoms in total. The topological polar surface area (TPSA) is 76.0 Å². The smallest absolute Gasteiger partial charge is 0.337 e. The lowest BCUT2D eigenvalue weighted by atomic mass is 10.0. The van der Waals surface area contributed by atoms with Crippen molar-refractivity contribution in [3.05, 3.63) is 23.3 Å². The molecule has 18 heavy (non-hydrogen) atoms. The van der Waals surface area contributed by atoms with Gasteiger partial charge in [-0.05, 0) is 24.6 Å². The zero-order chi connectivity index (χ0) is 13.9. The van der Waals surface area contributed by atoms with Gasteiger partial charge in [0.15, 0.2) is 17.6 Å². The summed E-state index contributed by atoms with van der Waals surface area (Å²) >= 11 is 0. The minimum atomic E-state index is -1.73. The number of ether oxygens (including phenoxy) is 2. The average Bonchev–Trinajstić information content (AvgIpc) is 2.35. The highest BCUT2D eigenvalue weighted by Crippen LogP contribution is 2.38. The molecule has 0 amide bonds. The molecule has 0 spiro atoms. The van der Waals surface area contributed by atoms with Crippen molar-refractivity contribution in [1.82, 2.24) is 0 Å². The molecule has 0 heterocycles. The number of aliphatic hydroxyl groups excluding tert-OH is 1. The van der Waals surface area contributed by atoms with Crippen LogP contribution in [0.5, 0.6) is 11.5 Å². The second kappa shape index (κ2) is 5.68. The summed E-state index contributed by atoms with van der Waals surface area (Å²) in [5.41, 5.74) is 0.173. The number of benzene rings is 1. The van der Waals surface area contributed by atoms with E-state index in [2.05, 4.69) is 0 Å². The first-order valence-corrected chi connectivity index (χ1v) is 5.23. The minimum Gasteiger partial charge on any atom is -0.493 e. The molecule has 0 fully saturated rings. The van der Waals surface area contributed by atoms with Crippen molar-refractivity contribution in [2.45, 2.75) is 19.2 Å². The molecule has 2 unspecified atom stereocenters. The highest BCUT2D eigenvalue weighted by atomic mass is 19.1. The third kappa shape index (κ3) is 2.70. The van der Waals surface area contributed by atoms with Crippen LogP contribution in [0, 0.1) is 0 Å². The number of methoxy groups -OCH3 is 2. The monoisotopic (exact) mass is 258 g/mol. The van der Waals surface area contributed by atoms with Gasteiger partial charge in [-0.1, -0.05) is 0 Å². The number of aliphatic hydroxyl groups is 1. The van der Waals surface area contributed by atoms with Gasteiger partial charge in [-0.2, -0.15) is 0 Å². The Hall–Kier alpha value is -1.82. The van der Waals surface area contributed by atoms with Crippen LogP contribution in [0.4, 0.5) is 4.39 Å². The SMILES string of the molecule is COc1cc(C(O)C(=O)O)cc(C(C)F)c1OC. The van der Waals surface area contributed by atoms with Gasteiger partial charge >= 0.3 is 5.97 Å². The Morgan fingerprint density at radius 2 is 1.94 bits per heavy atom. The van der Waals surface area contributed by atoms with Crippen molar-refractivity contribution in [2.75, 3.05) is 14.2 Å². The van der Waals surface area contributed by atoms with E-state index in [4.69, 9.17) is 14.6 Å². The highest BCUT2D eigenvalue weighted by Gasteiger charge is 2.23. The summed E-state index contributed by atoms with van der Waals surface area (Å²) in [5, 5.41) is 18.2. The number of carbonyl (C=O) groups is 1. The van der Waals surface area contributed by atoms with Gasteiger partial charge in [0.1, 0.15) is 6.17 Å². The van der Waals surface area contributed by atoms with E-state index < -0.39 is 18.2 Å². The van der Waals surface area contributed by atoms with E-state index in [9.17, 15) is 14.3 Å². The normalized spacial score (nSPS) is 13.8. The third-order valence-corrected chi connectivity index (χ3v) is 2.51. The number of halogens is 1. The molecule has 0 saturated heterocycles. The molecule has 0 aromatic heterocycles. The molecule has 0 aliphatic heterocycles. The molecular formula is C12H15FO5. The second-order valence-electron chi connectivity index (χ2n) is 3.70. The summed E-state index contributed by atoms with van der Waals surface area (Å²) in [6.45, 7) is 1.29. The van der Waals surface area contributed by atoms with Crippen LogP contribution >= 0.6 is 0 Å². The van der Waals surface area contributed by atoms with Crippen LogP contribution in [0.3, 0.4) is 0 Å². The average molecular weight is 258 g/mol. The summed E-state index contributed by atoms with van der Waals surface area (Å²) < 4.78 is 23.5. The fraction of sp³-hybridized carbons (Fsp3) is 0.417. The Balaban J connectivity index is 3.40. The molecule has 0 radical (unpaired) electrons. The molecule has 1 rings (SSSR count). The summed E-state index contributed by atoms with van der Waals surface area (Å²) in [6, 6.07) is 2.56. The molecule has 6 heteroatoms. The largest absolute Gasteiger partial charge is 0.493 e. The van der Waals surface area contributed by atoms with Crippen LogP contribution in [0.1, 0.15) is 30.3 Å². The molecule has 0 bridgehead atoms. The molecule has 1 aromatic rings. The number of alkyl halides is 1. The predicted octanol–water partition coefficient (Wildman–Crippen LogP) is 1.85. The van der Waals surface area contributed by atoms with E-state index >= 15 is 0 Å². The number of aliphatic carboxylic acids is 1. The first-order chi connectivity index (χ1) is 8.42. The van der Waals surface area contributed by atoms with Gasteiger partial charge in [0.05, 0.1) is 14.2 Å². The van der Waals surface area contributed by atoms with Crippen molar-refractivity contribution < 1.29 is 28.9 Å². The molecule has 1 aromatic carbocycles. The zero-order valence-corrected chi connectivity index (χ0v) is 10.3. The highest BCUT2D eigenvalue weighted by molar-refractivity contribution is 5.74. The lowest BCUT2D eigenvalue weighted by molar-refractivity contribution is -0.146. The summed E-state index contributed by atoms with van der Waals surface area (Å²) in [4.78, 5) is 10.7. The number of hydrogen-bond acceptors (Lipinski definition) is 4. The van der Waals surface area contributed by atoms with Crippen molar-refractivity contribution in [3.8, 4) is 11.5 Å². The lowest BCUT2D eigenvalue weighted by Crippen LogP contribution is -2.11. The van der Waals surface area contributed by atoms with Crippen molar-refractivity contribution >= 4 is 5.97 Å². The summed E-state index contributed by atoms with van der Waals surface area (Å²) in [7, 11) is 2.71. The maximum Gasteiger partial charge on any atom is 0.337 e. The van der Waals surface area contributed by atoms with E-state index in [-0.39, 0.29) is 22.6 Å². The number of rotatable bonds is 5. The fourth-order valence-electron chi connectivity index (χ4n) is 1.61. The van der Waals surface area contributed by atoms with Gasteiger partial charge in [-0.15, -0.1) is 0 Å². The Kier molecular flexibility index (Phi) is 4.49. The Morgan fingerprint density at radius 1 is 1.33 bits per heavy atom. The van der Waals surface area contributed by atoms with Crippen LogP contribution in [0.25, 0.3) is 0 Å². The van der Waals surface area contributed by atoms with E-state index in [1.165, 1.54) is 33.3 Å². The van der Waals surface area contributed by atoms with E-state index in [1.54, 1.807) is 0 Å². The van der Waals surface area contributed by atoms with Crippen LogP contribution in [0.15, 0.2) is 12.1 Å². The van der Waals surface area contributed by atoms with Crippen LogP contribution in [-0.4, -0.2) is 30.4 Å². The number of carboxylic acid groups (broad SMARTS) is 1.